The van der Waals surface area contributed by atoms with Gasteiger partial charge >= 0.3 is 12.2 Å². The highest BCUT2D eigenvalue weighted by Crippen LogP contribution is 2.22. The second-order valence-corrected chi connectivity index (χ2v) is 6.34. The van der Waals surface area contributed by atoms with Gasteiger partial charge in [0.25, 0.3) is 0 Å². The van der Waals surface area contributed by atoms with Gasteiger partial charge in [-0.2, -0.15) is 13.2 Å². The summed E-state index contributed by atoms with van der Waals surface area (Å²) in [7, 11) is 0. The van der Waals surface area contributed by atoms with Crippen molar-refractivity contribution in [3.05, 3.63) is 29.8 Å². The summed E-state index contributed by atoms with van der Waals surface area (Å²) in [6.07, 6.45) is -2.21. The second-order valence-electron chi connectivity index (χ2n) is 6.34. The number of carbonyl (C=O) groups excluding carboxylic acids is 1. The van der Waals surface area contributed by atoms with Crippen LogP contribution in [-0.4, -0.2) is 36.8 Å². The topological polar surface area (TPSA) is 41.6 Å². The molecule has 134 valence electrons. The van der Waals surface area contributed by atoms with E-state index in [0.29, 0.717) is 5.92 Å². The second kappa shape index (κ2) is 7.77. The molecule has 2 atom stereocenters. The first kappa shape index (κ1) is 18.4. The van der Waals surface area contributed by atoms with Gasteiger partial charge < -0.3 is 15.0 Å². The minimum atomic E-state index is -4.36. The Bertz CT molecular complexity index is 546. The molecule has 0 aliphatic carbocycles. The van der Waals surface area contributed by atoms with Crippen molar-refractivity contribution >= 4 is 6.03 Å². The van der Waals surface area contributed by atoms with Crippen LogP contribution in [0.5, 0.6) is 5.75 Å². The Balaban J connectivity index is 1.87. The monoisotopic (exact) mass is 344 g/mol. The molecule has 7 heteroatoms. The molecular formula is C17H23F3N2O2. The molecule has 2 unspecified atom stereocenters. The number of amides is 2. The summed E-state index contributed by atoms with van der Waals surface area (Å²) < 4.78 is 41.0. The predicted octanol–water partition coefficient (Wildman–Crippen LogP) is 4.13. The van der Waals surface area contributed by atoms with Crippen LogP contribution in [0.15, 0.2) is 24.3 Å². The molecule has 2 amide bonds. The third kappa shape index (κ3) is 5.62. The van der Waals surface area contributed by atoms with Crippen molar-refractivity contribution in [3.8, 4) is 5.75 Å². The van der Waals surface area contributed by atoms with Gasteiger partial charge in [0.15, 0.2) is 6.61 Å². The van der Waals surface area contributed by atoms with Crippen molar-refractivity contribution in [1.29, 1.82) is 0 Å². The molecule has 0 bridgehead atoms. The largest absolute Gasteiger partial charge is 0.484 e. The van der Waals surface area contributed by atoms with E-state index in [2.05, 4.69) is 17.0 Å². The van der Waals surface area contributed by atoms with Crippen LogP contribution in [-0.2, 0) is 0 Å². The minimum absolute atomic E-state index is 0.105. The fraction of sp³-hybridized carbons (Fsp3) is 0.588. The van der Waals surface area contributed by atoms with Crippen LogP contribution >= 0.6 is 0 Å². The van der Waals surface area contributed by atoms with Crippen molar-refractivity contribution in [2.45, 2.75) is 38.9 Å². The highest BCUT2D eigenvalue weighted by molar-refractivity contribution is 5.74. The smallest absolute Gasteiger partial charge is 0.422 e. The van der Waals surface area contributed by atoms with Crippen LogP contribution in [0, 0.1) is 5.92 Å². The third-order valence-electron chi connectivity index (χ3n) is 4.07. The number of carbonyl (C=O) groups is 1. The van der Waals surface area contributed by atoms with Crippen LogP contribution < -0.4 is 10.1 Å². The maximum absolute atomic E-state index is 12.3. The molecule has 0 spiro atoms. The Hall–Kier alpha value is -1.92. The Kier molecular flexibility index (Phi) is 5.96. The number of nitrogens with one attached hydrogen (secondary N) is 1. The highest BCUT2D eigenvalue weighted by Gasteiger charge is 2.28. The molecule has 1 aromatic rings. The third-order valence-corrected chi connectivity index (χ3v) is 4.07. The number of halogens is 3. The summed E-state index contributed by atoms with van der Waals surface area (Å²) in [5, 5.41) is 2.93. The van der Waals surface area contributed by atoms with Crippen molar-refractivity contribution in [1.82, 2.24) is 10.2 Å². The average Bonchev–Trinajstić information content (AvgIpc) is 2.52. The number of likely N-dealkylation sites (tertiary alicyclic amines) is 1. The molecule has 1 aliphatic heterocycles. The molecule has 1 N–H and O–H groups in total. The number of hydrogen-bond acceptors (Lipinski definition) is 2. The standard InChI is InChI=1S/C17H23F3N2O2/c1-12-4-3-9-22(10-12)16(23)21-13(2)14-5-7-15(8-6-14)24-11-17(18,19)20/h5-8,12-13H,3-4,9-11H2,1-2H3,(H,21,23). The van der Waals surface area contributed by atoms with E-state index in [9.17, 15) is 18.0 Å². The molecule has 0 aromatic heterocycles. The summed E-state index contributed by atoms with van der Waals surface area (Å²) >= 11 is 0. The first-order chi connectivity index (χ1) is 11.2. The summed E-state index contributed by atoms with van der Waals surface area (Å²) in [4.78, 5) is 14.1. The van der Waals surface area contributed by atoms with Crippen molar-refractivity contribution in [2.75, 3.05) is 19.7 Å². The molecule has 1 fully saturated rings. The number of piperidine rings is 1. The van der Waals surface area contributed by atoms with Gasteiger partial charge in [0.2, 0.25) is 0 Å². The van der Waals surface area contributed by atoms with E-state index in [0.717, 1.165) is 31.5 Å². The minimum Gasteiger partial charge on any atom is -0.484 e. The molecular weight excluding hydrogens is 321 g/mol. The number of benzene rings is 1. The lowest BCUT2D eigenvalue weighted by molar-refractivity contribution is -0.153. The zero-order valence-electron chi connectivity index (χ0n) is 13.9. The molecule has 1 heterocycles. The maximum atomic E-state index is 12.3. The molecule has 1 aromatic carbocycles. The van der Waals surface area contributed by atoms with Crippen LogP contribution in [0.3, 0.4) is 0 Å². The van der Waals surface area contributed by atoms with E-state index in [1.165, 1.54) is 12.1 Å². The highest BCUT2D eigenvalue weighted by atomic mass is 19.4. The van der Waals surface area contributed by atoms with Crippen LogP contribution in [0.25, 0.3) is 0 Å². The van der Waals surface area contributed by atoms with E-state index in [1.54, 1.807) is 12.1 Å². The SMILES string of the molecule is CC1CCCN(C(=O)NC(C)c2ccc(OCC(F)(F)F)cc2)C1. The number of nitrogens with zero attached hydrogens (tertiary/aromatic N) is 1. The van der Waals surface area contributed by atoms with Crippen molar-refractivity contribution < 1.29 is 22.7 Å². The Morgan fingerprint density at radius 1 is 1.38 bits per heavy atom. The van der Waals surface area contributed by atoms with Gasteiger partial charge in [0.05, 0.1) is 6.04 Å². The lowest BCUT2D eigenvalue weighted by atomic mass is 10.0. The fourth-order valence-corrected chi connectivity index (χ4v) is 2.75. The lowest BCUT2D eigenvalue weighted by Crippen LogP contribution is -2.45. The number of rotatable bonds is 4. The number of alkyl halides is 3. The Morgan fingerprint density at radius 2 is 2.04 bits per heavy atom. The summed E-state index contributed by atoms with van der Waals surface area (Å²) in [5.74, 6) is 0.657. The molecule has 0 radical (unpaired) electrons. The van der Waals surface area contributed by atoms with Crippen molar-refractivity contribution in [3.63, 3.8) is 0 Å². The van der Waals surface area contributed by atoms with Gasteiger partial charge in [-0.1, -0.05) is 19.1 Å². The number of hydrogen-bond donors (Lipinski definition) is 1. The zero-order valence-corrected chi connectivity index (χ0v) is 13.9. The Labute approximate surface area is 140 Å². The fourth-order valence-electron chi connectivity index (χ4n) is 2.75. The summed E-state index contributed by atoms with van der Waals surface area (Å²) in [6.45, 7) is 4.17. The molecule has 1 aliphatic rings. The quantitative estimate of drug-likeness (QED) is 0.892. The van der Waals surface area contributed by atoms with E-state index in [-0.39, 0.29) is 17.8 Å². The summed E-state index contributed by atoms with van der Waals surface area (Å²) in [6, 6.07) is 5.95. The first-order valence-electron chi connectivity index (χ1n) is 8.09. The van der Waals surface area contributed by atoms with Gasteiger partial charge in [-0.25, -0.2) is 4.79 Å². The molecule has 0 saturated carbocycles. The van der Waals surface area contributed by atoms with Gasteiger partial charge in [-0.15, -0.1) is 0 Å². The molecule has 1 saturated heterocycles. The zero-order chi connectivity index (χ0) is 17.7. The van der Waals surface area contributed by atoms with E-state index in [4.69, 9.17) is 0 Å². The van der Waals surface area contributed by atoms with Crippen molar-refractivity contribution in [2.24, 2.45) is 5.92 Å². The normalized spacial score (nSPS) is 19.7. The molecule has 2 rings (SSSR count). The maximum Gasteiger partial charge on any atom is 0.422 e. The average molecular weight is 344 g/mol. The molecule has 24 heavy (non-hydrogen) atoms. The van der Waals surface area contributed by atoms with Crippen LogP contribution in [0.4, 0.5) is 18.0 Å². The number of urea groups is 1. The van der Waals surface area contributed by atoms with Gasteiger partial charge in [-0.05, 0) is 43.4 Å². The van der Waals surface area contributed by atoms with Gasteiger partial charge in [0, 0.05) is 13.1 Å². The van der Waals surface area contributed by atoms with Crippen LogP contribution in [0.2, 0.25) is 0 Å². The predicted molar refractivity (Wildman–Crippen MR) is 84.9 cm³/mol. The first-order valence-corrected chi connectivity index (χ1v) is 8.09. The van der Waals surface area contributed by atoms with E-state index >= 15 is 0 Å². The lowest BCUT2D eigenvalue weighted by Gasteiger charge is -2.32. The Morgan fingerprint density at radius 3 is 2.62 bits per heavy atom. The number of ether oxygens (including phenoxy) is 1. The van der Waals surface area contributed by atoms with Gasteiger partial charge in [-0.3, -0.25) is 0 Å². The molecule has 4 nitrogen and oxygen atoms in total. The van der Waals surface area contributed by atoms with Gasteiger partial charge in [0.1, 0.15) is 5.75 Å². The van der Waals surface area contributed by atoms with Crippen LogP contribution in [0.1, 0.15) is 38.3 Å². The summed E-state index contributed by atoms with van der Waals surface area (Å²) in [5.41, 5.74) is 0.813. The van der Waals surface area contributed by atoms with E-state index in [1.807, 2.05) is 11.8 Å². The van der Waals surface area contributed by atoms with E-state index < -0.39 is 12.8 Å².